The number of fused-ring (bicyclic) bond motifs is 1. The molecule has 0 spiro atoms. The highest BCUT2D eigenvalue weighted by Gasteiger charge is 2.17. The lowest BCUT2D eigenvalue weighted by Gasteiger charge is -2.19. The van der Waals surface area contributed by atoms with Crippen LogP contribution in [0.1, 0.15) is 39.0 Å². The topological polar surface area (TPSA) is 102 Å². The molecule has 0 radical (unpaired) electrons. The van der Waals surface area contributed by atoms with Gasteiger partial charge in [-0.15, -0.1) is 0 Å². The van der Waals surface area contributed by atoms with Crippen LogP contribution in [0.15, 0.2) is 40.1 Å². The Morgan fingerprint density at radius 1 is 1.06 bits per heavy atom. The molecule has 1 fully saturated rings. The number of aryl methyl sites for hydroxylation is 1. The Hall–Kier alpha value is -3.04. The number of likely N-dealkylation sites (tertiary alicyclic amines) is 1. The Morgan fingerprint density at radius 3 is 2.46 bits per heavy atom. The van der Waals surface area contributed by atoms with E-state index in [-0.39, 0.29) is 23.5 Å². The van der Waals surface area contributed by atoms with Crippen molar-refractivity contribution in [2.24, 2.45) is 0 Å². The molecule has 1 N–H and O–H groups in total. The zero-order chi connectivity index (χ0) is 24.8. The molecule has 1 aromatic carbocycles. The number of hydrogen-bond donors (Lipinski definition) is 1. The minimum absolute atomic E-state index is 0.193. The van der Waals surface area contributed by atoms with Gasteiger partial charge in [-0.1, -0.05) is 24.4 Å². The van der Waals surface area contributed by atoms with Crippen LogP contribution in [0.5, 0.6) is 0 Å². The van der Waals surface area contributed by atoms with Crippen molar-refractivity contribution in [2.45, 2.75) is 52.1 Å². The molecule has 0 bridgehead atoms. The van der Waals surface area contributed by atoms with E-state index in [9.17, 15) is 14.4 Å². The highest BCUT2D eigenvalue weighted by atomic mass is 35.5. The van der Waals surface area contributed by atoms with E-state index >= 15 is 0 Å². The van der Waals surface area contributed by atoms with E-state index in [1.165, 1.54) is 36.4 Å². The average molecular weight is 499 g/mol. The number of rotatable bonds is 8. The molecule has 35 heavy (non-hydrogen) atoms. The third-order valence-corrected chi connectivity index (χ3v) is 6.61. The predicted octanol–water partition coefficient (Wildman–Crippen LogP) is 2.68. The van der Waals surface area contributed by atoms with Gasteiger partial charge in [0.25, 0.3) is 5.56 Å². The number of amides is 1. The van der Waals surface area contributed by atoms with Crippen molar-refractivity contribution >= 4 is 28.5 Å². The van der Waals surface area contributed by atoms with E-state index in [2.05, 4.69) is 20.2 Å². The molecule has 1 aliphatic rings. The summed E-state index contributed by atoms with van der Waals surface area (Å²) >= 11 is 5.96. The maximum atomic E-state index is 13.1. The van der Waals surface area contributed by atoms with E-state index < -0.39 is 11.2 Å². The van der Waals surface area contributed by atoms with Crippen molar-refractivity contribution < 1.29 is 4.79 Å². The van der Waals surface area contributed by atoms with Gasteiger partial charge in [-0.3, -0.25) is 18.7 Å². The van der Waals surface area contributed by atoms with Gasteiger partial charge in [-0.2, -0.15) is 0 Å². The predicted molar refractivity (Wildman–Crippen MR) is 137 cm³/mol. The van der Waals surface area contributed by atoms with Crippen molar-refractivity contribution in [1.29, 1.82) is 0 Å². The molecule has 0 atom stereocenters. The minimum atomic E-state index is -0.572. The normalized spacial score (nSPS) is 14.7. The lowest BCUT2D eigenvalue weighted by Crippen LogP contribution is -2.44. The Morgan fingerprint density at radius 2 is 1.77 bits per heavy atom. The number of nitrogens with zero attached hydrogens (tertiary/aromatic N) is 5. The molecular weight excluding hydrogens is 468 g/mol. The molecular formula is C25H31ClN6O3. The smallest absolute Gasteiger partial charge is 0.333 e. The fourth-order valence-electron chi connectivity index (χ4n) is 4.45. The summed E-state index contributed by atoms with van der Waals surface area (Å²) in [6.07, 6.45) is 7.28. The molecule has 186 valence electrons. The summed E-state index contributed by atoms with van der Waals surface area (Å²) in [7, 11) is 0. The lowest BCUT2D eigenvalue weighted by atomic mass is 10.2. The van der Waals surface area contributed by atoms with Crippen LogP contribution in [0.3, 0.4) is 0 Å². The standard InChI is InChI=1S/C25H31ClN6O3/c1-2-31-23-20(16-28-22(29-23)18-8-10-19(26)11-9-18)24(34)32(25(31)35)17-21(33)27-12-7-15-30-13-5-3-4-6-14-30/h8-11,16H,2-7,12-15,17H2,1H3,(H,27,33). The van der Waals surface area contributed by atoms with E-state index in [1.54, 1.807) is 31.2 Å². The molecule has 1 saturated heterocycles. The van der Waals surface area contributed by atoms with Crippen LogP contribution in [0, 0.1) is 0 Å². The van der Waals surface area contributed by atoms with Gasteiger partial charge >= 0.3 is 5.69 Å². The van der Waals surface area contributed by atoms with Crippen LogP contribution in [0.25, 0.3) is 22.4 Å². The molecule has 0 unspecified atom stereocenters. The van der Waals surface area contributed by atoms with E-state index in [4.69, 9.17) is 11.6 Å². The summed E-state index contributed by atoms with van der Waals surface area (Å²) < 4.78 is 2.35. The van der Waals surface area contributed by atoms with Crippen LogP contribution in [-0.4, -0.2) is 56.1 Å². The first-order valence-corrected chi connectivity index (χ1v) is 12.6. The van der Waals surface area contributed by atoms with Gasteiger partial charge in [0.05, 0.1) is 0 Å². The van der Waals surface area contributed by atoms with Crippen LogP contribution in [-0.2, 0) is 17.9 Å². The van der Waals surface area contributed by atoms with Crippen molar-refractivity contribution in [3.63, 3.8) is 0 Å². The van der Waals surface area contributed by atoms with Crippen molar-refractivity contribution in [2.75, 3.05) is 26.2 Å². The number of carbonyl (C=O) groups is 1. The summed E-state index contributed by atoms with van der Waals surface area (Å²) in [6, 6.07) is 7.00. The summed E-state index contributed by atoms with van der Waals surface area (Å²) in [4.78, 5) is 50.0. The van der Waals surface area contributed by atoms with E-state index in [0.717, 1.165) is 36.2 Å². The second-order valence-electron chi connectivity index (χ2n) is 8.82. The summed E-state index contributed by atoms with van der Waals surface area (Å²) in [6.45, 7) is 5.42. The van der Waals surface area contributed by atoms with Gasteiger partial charge in [0.2, 0.25) is 5.91 Å². The second-order valence-corrected chi connectivity index (χ2v) is 9.25. The Balaban J connectivity index is 1.49. The van der Waals surface area contributed by atoms with Gasteiger partial charge in [0.15, 0.2) is 11.5 Å². The zero-order valence-electron chi connectivity index (χ0n) is 20.0. The third kappa shape index (κ3) is 5.97. The largest absolute Gasteiger partial charge is 0.354 e. The molecule has 0 aliphatic carbocycles. The molecule has 9 nitrogen and oxygen atoms in total. The molecule has 0 saturated carbocycles. The second kappa shape index (κ2) is 11.6. The maximum Gasteiger partial charge on any atom is 0.333 e. The Bertz CT molecular complexity index is 1290. The molecule has 1 amide bonds. The zero-order valence-corrected chi connectivity index (χ0v) is 20.8. The fourth-order valence-corrected chi connectivity index (χ4v) is 4.58. The molecule has 3 heterocycles. The van der Waals surface area contributed by atoms with E-state index in [1.807, 2.05) is 0 Å². The number of nitrogens with one attached hydrogen (secondary N) is 1. The molecule has 3 aromatic rings. The fraction of sp³-hybridized carbons (Fsp3) is 0.480. The molecule has 1 aliphatic heterocycles. The van der Waals surface area contributed by atoms with Crippen molar-refractivity contribution in [3.8, 4) is 11.4 Å². The maximum absolute atomic E-state index is 13.1. The van der Waals surface area contributed by atoms with Gasteiger partial charge in [0, 0.05) is 29.9 Å². The molecule has 4 rings (SSSR count). The SMILES string of the molecule is CCn1c(=O)n(CC(=O)NCCCN2CCCCCC2)c(=O)c2cnc(-c3ccc(Cl)cc3)nc21. The first kappa shape index (κ1) is 25.1. The van der Waals surface area contributed by atoms with Gasteiger partial charge in [-0.05, 0) is 70.1 Å². The number of halogens is 1. The van der Waals surface area contributed by atoms with Crippen LogP contribution in [0.4, 0.5) is 0 Å². The Labute approximate surface area is 208 Å². The van der Waals surface area contributed by atoms with Crippen molar-refractivity contribution in [3.05, 3.63) is 56.3 Å². The summed E-state index contributed by atoms with van der Waals surface area (Å²) in [5.74, 6) is 0.0239. The highest BCUT2D eigenvalue weighted by molar-refractivity contribution is 6.30. The van der Waals surface area contributed by atoms with Crippen LogP contribution < -0.4 is 16.6 Å². The monoisotopic (exact) mass is 498 g/mol. The lowest BCUT2D eigenvalue weighted by molar-refractivity contribution is -0.121. The van der Waals surface area contributed by atoms with Gasteiger partial charge in [-0.25, -0.2) is 14.8 Å². The average Bonchev–Trinajstić information content (AvgIpc) is 3.14. The van der Waals surface area contributed by atoms with Gasteiger partial charge in [0.1, 0.15) is 11.9 Å². The number of aromatic nitrogens is 4. The van der Waals surface area contributed by atoms with E-state index in [0.29, 0.717) is 23.9 Å². The number of hydrogen-bond acceptors (Lipinski definition) is 6. The molecule has 2 aromatic heterocycles. The quantitative estimate of drug-likeness (QED) is 0.479. The first-order valence-electron chi connectivity index (χ1n) is 12.2. The number of benzene rings is 1. The molecule has 10 heteroatoms. The van der Waals surface area contributed by atoms with Crippen LogP contribution >= 0.6 is 11.6 Å². The first-order chi connectivity index (χ1) is 17.0. The summed E-state index contributed by atoms with van der Waals surface area (Å²) in [5.41, 5.74) is -0.172. The number of carbonyl (C=O) groups excluding carboxylic acids is 1. The van der Waals surface area contributed by atoms with Gasteiger partial charge < -0.3 is 10.2 Å². The Kier molecular flexibility index (Phi) is 8.30. The highest BCUT2D eigenvalue weighted by Crippen LogP contribution is 2.19. The minimum Gasteiger partial charge on any atom is -0.354 e. The van der Waals surface area contributed by atoms with Crippen LogP contribution in [0.2, 0.25) is 5.02 Å². The van der Waals surface area contributed by atoms with Crippen molar-refractivity contribution in [1.82, 2.24) is 29.3 Å². The summed E-state index contributed by atoms with van der Waals surface area (Å²) in [5, 5.41) is 3.62. The third-order valence-electron chi connectivity index (χ3n) is 6.35.